The molecule has 1 radical (unpaired) electrons. The Kier molecular flexibility index (Phi) is 3.79. The molecule has 0 fully saturated rings. The molecule has 1 rings (SSSR count). The first-order valence-corrected chi connectivity index (χ1v) is 6.64. The molecule has 0 bridgehead atoms. The molecule has 65 valence electrons. The van der Waals surface area contributed by atoms with Crippen molar-refractivity contribution in [2.24, 2.45) is 0 Å². The maximum atomic E-state index is 5.81. The van der Waals surface area contributed by atoms with E-state index in [1.807, 2.05) is 24.3 Å². The van der Waals surface area contributed by atoms with E-state index < -0.39 is 9.04 Å². The lowest BCUT2D eigenvalue weighted by Crippen LogP contribution is -2.06. The fourth-order valence-electron chi connectivity index (χ4n) is 0.854. The summed E-state index contributed by atoms with van der Waals surface area (Å²) < 4.78 is 5.53. The highest BCUT2D eigenvalue weighted by atomic mass is 35.5. The van der Waals surface area contributed by atoms with Crippen molar-refractivity contribution in [3.63, 3.8) is 0 Å². The second-order valence-corrected chi connectivity index (χ2v) is 5.37. The van der Waals surface area contributed by atoms with Gasteiger partial charge in [-0.15, -0.1) is 0 Å². The average Bonchev–Trinajstić information content (AvgIpc) is 2.01. The van der Waals surface area contributed by atoms with Crippen molar-refractivity contribution in [3.8, 4) is 0 Å². The Labute approximate surface area is 80.0 Å². The summed E-state index contributed by atoms with van der Waals surface area (Å²) in [5.41, 5.74) is 1.15. The van der Waals surface area contributed by atoms with Gasteiger partial charge in [-0.2, -0.15) is 0 Å². The van der Waals surface area contributed by atoms with E-state index in [-0.39, 0.29) is 0 Å². The molecule has 0 aliphatic heterocycles. The van der Waals surface area contributed by atoms with Crippen LogP contribution in [0.3, 0.4) is 0 Å². The lowest BCUT2D eigenvalue weighted by atomic mass is 10.2. The fourth-order valence-corrected chi connectivity index (χ4v) is 1.52. The van der Waals surface area contributed by atoms with E-state index >= 15 is 0 Å². The third-order valence-electron chi connectivity index (χ3n) is 1.42. The van der Waals surface area contributed by atoms with E-state index in [4.69, 9.17) is 16.0 Å². The number of halogens is 1. The van der Waals surface area contributed by atoms with E-state index in [0.29, 0.717) is 6.61 Å². The Hall–Kier alpha value is -0.313. The highest BCUT2D eigenvalue weighted by molar-refractivity contribution is 6.48. The Morgan fingerprint density at radius 1 is 1.42 bits per heavy atom. The van der Waals surface area contributed by atoms with Crippen LogP contribution in [0, 0.1) is 0 Å². The largest absolute Gasteiger partial charge is 0.413 e. The molecule has 0 amide bonds. The van der Waals surface area contributed by atoms with Crippen LogP contribution in [0.2, 0.25) is 18.1 Å². The number of hydrogen-bond donors (Lipinski definition) is 0. The molecular weight excluding hydrogens is 188 g/mol. The zero-order valence-electron chi connectivity index (χ0n) is 7.30. The Morgan fingerprint density at radius 2 is 2.17 bits per heavy atom. The molecule has 1 aromatic carbocycles. The average molecular weight is 200 g/mol. The molecule has 0 heterocycles. The zero-order chi connectivity index (χ0) is 8.97. The van der Waals surface area contributed by atoms with E-state index in [0.717, 1.165) is 10.6 Å². The second kappa shape index (κ2) is 4.65. The third kappa shape index (κ3) is 3.39. The predicted octanol–water partition coefficient (Wildman–Crippen LogP) is 3.11. The highest BCUT2D eigenvalue weighted by Gasteiger charge is 1.98. The minimum absolute atomic E-state index is 0.588. The fraction of sp³-hybridized carbons (Fsp3) is 0.333. The number of rotatable bonds is 3. The number of hydrogen-bond acceptors (Lipinski definition) is 1. The van der Waals surface area contributed by atoms with E-state index in [1.165, 1.54) is 0 Å². The van der Waals surface area contributed by atoms with Gasteiger partial charge in [0.05, 0.1) is 6.61 Å². The van der Waals surface area contributed by atoms with Crippen LogP contribution in [0.25, 0.3) is 0 Å². The first kappa shape index (κ1) is 9.77. The molecule has 1 nitrogen and oxygen atoms in total. The van der Waals surface area contributed by atoms with Gasteiger partial charge >= 0.3 is 0 Å². The Morgan fingerprint density at radius 3 is 2.75 bits per heavy atom. The summed E-state index contributed by atoms with van der Waals surface area (Å²) in [6.45, 7) is 4.92. The van der Waals surface area contributed by atoms with Crippen molar-refractivity contribution in [3.05, 3.63) is 34.9 Å². The van der Waals surface area contributed by atoms with Crippen LogP contribution >= 0.6 is 11.6 Å². The molecule has 0 spiro atoms. The van der Waals surface area contributed by atoms with E-state index in [1.54, 1.807) is 0 Å². The number of benzene rings is 1. The topological polar surface area (TPSA) is 9.23 Å². The molecule has 0 atom stereocenters. The molecule has 1 aromatic rings. The van der Waals surface area contributed by atoms with Crippen molar-refractivity contribution in [2.75, 3.05) is 0 Å². The molecule has 0 aliphatic rings. The summed E-state index contributed by atoms with van der Waals surface area (Å²) in [7, 11) is -0.588. The van der Waals surface area contributed by atoms with Crippen molar-refractivity contribution in [1.82, 2.24) is 0 Å². The van der Waals surface area contributed by atoms with Crippen LogP contribution in [0.5, 0.6) is 0 Å². The lowest BCUT2D eigenvalue weighted by molar-refractivity contribution is 0.314. The quantitative estimate of drug-likeness (QED) is 0.680. The minimum Gasteiger partial charge on any atom is -0.413 e. The molecule has 0 aromatic heterocycles. The molecule has 0 aliphatic carbocycles. The predicted molar refractivity (Wildman–Crippen MR) is 53.7 cm³/mol. The van der Waals surface area contributed by atoms with Gasteiger partial charge in [-0.05, 0) is 30.8 Å². The van der Waals surface area contributed by atoms with Crippen LogP contribution in [0.15, 0.2) is 24.3 Å². The summed E-state index contributed by atoms with van der Waals surface area (Å²) in [5, 5.41) is 0.775. The van der Waals surface area contributed by atoms with Crippen LogP contribution in [-0.2, 0) is 11.0 Å². The Bertz CT molecular complexity index is 250. The highest BCUT2D eigenvalue weighted by Crippen LogP contribution is 2.11. The van der Waals surface area contributed by atoms with Gasteiger partial charge in [0.15, 0.2) is 0 Å². The van der Waals surface area contributed by atoms with Crippen LogP contribution in [0.1, 0.15) is 5.56 Å². The monoisotopic (exact) mass is 199 g/mol. The zero-order valence-corrected chi connectivity index (χ0v) is 9.06. The van der Waals surface area contributed by atoms with Gasteiger partial charge in [0.25, 0.3) is 0 Å². The van der Waals surface area contributed by atoms with Gasteiger partial charge in [-0.3, -0.25) is 0 Å². The van der Waals surface area contributed by atoms with Gasteiger partial charge < -0.3 is 4.43 Å². The van der Waals surface area contributed by atoms with Gasteiger partial charge in [0.1, 0.15) is 0 Å². The maximum absolute atomic E-state index is 5.81. The molecule has 12 heavy (non-hydrogen) atoms. The first-order chi connectivity index (χ1) is 5.68. The van der Waals surface area contributed by atoms with Crippen LogP contribution in [-0.4, -0.2) is 9.04 Å². The van der Waals surface area contributed by atoms with Gasteiger partial charge in [0, 0.05) is 5.02 Å². The van der Waals surface area contributed by atoms with Crippen molar-refractivity contribution in [1.29, 1.82) is 0 Å². The second-order valence-electron chi connectivity index (χ2n) is 2.83. The smallest absolute Gasteiger partial charge is 0.205 e. The van der Waals surface area contributed by atoms with Crippen LogP contribution in [0.4, 0.5) is 0 Å². The Balaban J connectivity index is 2.52. The lowest BCUT2D eigenvalue weighted by Gasteiger charge is -2.05. The van der Waals surface area contributed by atoms with Crippen LogP contribution < -0.4 is 0 Å². The third-order valence-corrected chi connectivity index (χ3v) is 2.37. The van der Waals surface area contributed by atoms with Gasteiger partial charge in [0.2, 0.25) is 9.04 Å². The summed E-state index contributed by atoms with van der Waals surface area (Å²) >= 11 is 5.81. The van der Waals surface area contributed by atoms with Crippen molar-refractivity contribution >= 4 is 20.6 Å². The van der Waals surface area contributed by atoms with Gasteiger partial charge in [-0.25, -0.2) is 0 Å². The molecular formula is C9H12ClOSi. The first-order valence-electron chi connectivity index (χ1n) is 3.86. The summed E-state index contributed by atoms with van der Waals surface area (Å²) in [4.78, 5) is 0. The normalized spacial score (nSPS) is 10.7. The summed E-state index contributed by atoms with van der Waals surface area (Å²) in [5.74, 6) is 0. The minimum atomic E-state index is -0.588. The maximum Gasteiger partial charge on any atom is 0.205 e. The summed E-state index contributed by atoms with van der Waals surface area (Å²) in [6.07, 6.45) is 0. The standard InChI is InChI=1S/C9H12ClOSi/c1-12(2)11-7-8-4-3-5-9(10)6-8/h3-6H,7H2,1-2H3. The molecule has 0 saturated heterocycles. The van der Waals surface area contributed by atoms with Crippen molar-refractivity contribution < 1.29 is 4.43 Å². The summed E-state index contributed by atoms with van der Waals surface area (Å²) in [6, 6.07) is 7.77. The SMILES string of the molecule is C[Si](C)OCc1cccc(Cl)c1. The van der Waals surface area contributed by atoms with E-state index in [9.17, 15) is 0 Å². The van der Waals surface area contributed by atoms with Crippen molar-refractivity contribution in [2.45, 2.75) is 19.7 Å². The van der Waals surface area contributed by atoms with E-state index in [2.05, 4.69) is 13.1 Å². The molecule has 0 N–H and O–H groups in total. The van der Waals surface area contributed by atoms with Gasteiger partial charge in [-0.1, -0.05) is 23.7 Å². The molecule has 0 saturated carbocycles. The molecule has 3 heteroatoms. The molecule has 0 unspecified atom stereocenters.